The monoisotopic (exact) mass is 269 g/mol. The van der Waals surface area contributed by atoms with Gasteiger partial charge in [0.25, 0.3) is 0 Å². The Morgan fingerprint density at radius 3 is 2.88 bits per heavy atom. The summed E-state index contributed by atoms with van der Waals surface area (Å²) in [5.41, 5.74) is 2.17. The van der Waals surface area contributed by atoms with Gasteiger partial charge in [0.15, 0.2) is 5.78 Å². The Morgan fingerprint density at radius 2 is 2.12 bits per heavy atom. The maximum Gasteiger partial charge on any atom is 0.164 e. The standard InChI is InChI=1S/C11H9NOS2.H2S/c13-9-3-1-2-7-8(9)6-15-10(7)11-12-4-5-14-11;/h4-6H,1-3H2;1H2. The molecule has 0 atom stereocenters. The molecule has 0 aliphatic heterocycles. The van der Waals surface area contributed by atoms with Crippen molar-refractivity contribution in [3.8, 4) is 9.88 Å². The van der Waals surface area contributed by atoms with Crippen LogP contribution in [0.4, 0.5) is 0 Å². The predicted molar refractivity (Wildman–Crippen MR) is 73.1 cm³/mol. The molecule has 84 valence electrons. The van der Waals surface area contributed by atoms with Crippen LogP contribution in [0.2, 0.25) is 0 Å². The average Bonchev–Trinajstić information content (AvgIpc) is 2.85. The smallest absolute Gasteiger partial charge is 0.164 e. The van der Waals surface area contributed by atoms with Crippen molar-refractivity contribution in [3.05, 3.63) is 28.1 Å². The third-order valence-electron chi connectivity index (χ3n) is 2.65. The van der Waals surface area contributed by atoms with Gasteiger partial charge in [-0.15, -0.1) is 22.7 Å². The van der Waals surface area contributed by atoms with E-state index in [0.29, 0.717) is 12.2 Å². The quantitative estimate of drug-likeness (QED) is 0.793. The number of ketones is 1. The summed E-state index contributed by atoms with van der Waals surface area (Å²) >= 11 is 3.30. The molecule has 3 rings (SSSR count). The predicted octanol–water partition coefficient (Wildman–Crippen LogP) is 3.50. The summed E-state index contributed by atoms with van der Waals surface area (Å²) in [6, 6.07) is 0. The van der Waals surface area contributed by atoms with E-state index in [4.69, 9.17) is 0 Å². The van der Waals surface area contributed by atoms with Gasteiger partial charge in [0.05, 0.1) is 4.88 Å². The first kappa shape index (κ1) is 11.8. The number of aromatic nitrogens is 1. The van der Waals surface area contributed by atoms with Crippen molar-refractivity contribution in [1.29, 1.82) is 0 Å². The molecule has 1 aliphatic rings. The molecular formula is C11H11NOS3. The molecule has 0 amide bonds. The number of thiazole rings is 1. The summed E-state index contributed by atoms with van der Waals surface area (Å²) in [5.74, 6) is 0.301. The van der Waals surface area contributed by atoms with Gasteiger partial charge in [-0.1, -0.05) is 0 Å². The lowest BCUT2D eigenvalue weighted by atomic mass is 9.93. The van der Waals surface area contributed by atoms with E-state index in [1.54, 1.807) is 22.7 Å². The number of hydrogen-bond acceptors (Lipinski definition) is 4. The molecule has 5 heteroatoms. The maximum atomic E-state index is 11.7. The first-order valence-electron chi connectivity index (χ1n) is 4.89. The zero-order valence-electron chi connectivity index (χ0n) is 8.53. The number of thiophene rings is 1. The zero-order valence-corrected chi connectivity index (χ0v) is 11.2. The highest BCUT2D eigenvalue weighted by molar-refractivity contribution is 7.59. The Morgan fingerprint density at radius 1 is 1.25 bits per heavy atom. The molecule has 1 aliphatic carbocycles. The zero-order chi connectivity index (χ0) is 10.3. The highest BCUT2D eigenvalue weighted by Gasteiger charge is 2.23. The van der Waals surface area contributed by atoms with E-state index < -0.39 is 0 Å². The lowest BCUT2D eigenvalue weighted by molar-refractivity contribution is 0.0973. The van der Waals surface area contributed by atoms with Crippen LogP contribution in [0, 0.1) is 0 Å². The van der Waals surface area contributed by atoms with Crippen LogP contribution in [-0.2, 0) is 6.42 Å². The number of fused-ring (bicyclic) bond motifs is 1. The molecule has 0 saturated carbocycles. The molecule has 0 N–H and O–H groups in total. The minimum Gasteiger partial charge on any atom is -0.294 e. The fourth-order valence-electron chi connectivity index (χ4n) is 1.94. The van der Waals surface area contributed by atoms with Crippen LogP contribution in [-0.4, -0.2) is 10.8 Å². The summed E-state index contributed by atoms with van der Waals surface area (Å²) in [4.78, 5) is 17.2. The van der Waals surface area contributed by atoms with Gasteiger partial charge in [0.2, 0.25) is 0 Å². The van der Waals surface area contributed by atoms with Gasteiger partial charge in [0.1, 0.15) is 5.01 Å². The molecule has 2 aromatic rings. The van der Waals surface area contributed by atoms with Gasteiger partial charge >= 0.3 is 0 Å². The van der Waals surface area contributed by atoms with E-state index in [2.05, 4.69) is 4.98 Å². The van der Waals surface area contributed by atoms with Crippen LogP contribution in [0.3, 0.4) is 0 Å². The third kappa shape index (κ3) is 1.83. The number of hydrogen-bond donors (Lipinski definition) is 0. The van der Waals surface area contributed by atoms with Crippen LogP contribution in [0.5, 0.6) is 0 Å². The molecule has 16 heavy (non-hydrogen) atoms. The average molecular weight is 269 g/mol. The van der Waals surface area contributed by atoms with E-state index in [9.17, 15) is 4.79 Å². The molecule has 2 heterocycles. The van der Waals surface area contributed by atoms with Crippen molar-refractivity contribution in [3.63, 3.8) is 0 Å². The van der Waals surface area contributed by atoms with Crippen LogP contribution in [0.1, 0.15) is 28.8 Å². The highest BCUT2D eigenvalue weighted by atomic mass is 32.1. The SMILES string of the molecule is O=C1CCCc2c1csc2-c1nccs1.S. The number of carbonyl (C=O) groups is 1. The van der Waals surface area contributed by atoms with E-state index in [0.717, 1.165) is 23.4 Å². The topological polar surface area (TPSA) is 30.0 Å². The third-order valence-corrected chi connectivity index (χ3v) is 4.60. The molecule has 0 radical (unpaired) electrons. The van der Waals surface area contributed by atoms with Gasteiger partial charge in [-0.2, -0.15) is 13.5 Å². The summed E-state index contributed by atoms with van der Waals surface area (Å²) in [6.45, 7) is 0. The van der Waals surface area contributed by atoms with Crippen LogP contribution in [0.15, 0.2) is 17.0 Å². The first-order valence-corrected chi connectivity index (χ1v) is 6.65. The number of rotatable bonds is 1. The van der Waals surface area contributed by atoms with Crippen molar-refractivity contribution < 1.29 is 4.79 Å². The molecular weight excluding hydrogens is 258 g/mol. The molecule has 0 fully saturated rings. The number of Topliss-reactive ketones (excluding diaryl/α,β-unsaturated/α-hetero) is 1. The second-order valence-corrected chi connectivity index (χ2v) is 5.35. The molecule has 2 nitrogen and oxygen atoms in total. The fraction of sp³-hybridized carbons (Fsp3) is 0.273. The summed E-state index contributed by atoms with van der Waals surface area (Å²) in [6.07, 6.45) is 4.54. The molecule has 0 unspecified atom stereocenters. The summed E-state index contributed by atoms with van der Waals surface area (Å²) in [7, 11) is 0. The van der Waals surface area contributed by atoms with E-state index in [1.165, 1.54) is 10.4 Å². The van der Waals surface area contributed by atoms with Gasteiger partial charge in [-0.25, -0.2) is 4.98 Å². The second-order valence-electron chi connectivity index (χ2n) is 3.57. The first-order chi connectivity index (χ1) is 7.36. The minimum atomic E-state index is 0. The van der Waals surface area contributed by atoms with Crippen molar-refractivity contribution in [2.24, 2.45) is 0 Å². The van der Waals surface area contributed by atoms with Gasteiger partial charge < -0.3 is 0 Å². The van der Waals surface area contributed by atoms with E-state index in [-0.39, 0.29) is 13.5 Å². The van der Waals surface area contributed by atoms with Crippen LogP contribution >= 0.6 is 36.2 Å². The Hall–Kier alpha value is -0.650. The Labute approximate surface area is 109 Å². The van der Waals surface area contributed by atoms with Crippen molar-refractivity contribution in [1.82, 2.24) is 4.98 Å². The van der Waals surface area contributed by atoms with Gasteiger partial charge in [-0.05, 0) is 18.4 Å². The summed E-state index contributed by atoms with van der Waals surface area (Å²) in [5, 5.41) is 5.02. The highest BCUT2D eigenvalue weighted by Crippen LogP contribution is 2.37. The van der Waals surface area contributed by atoms with Crippen molar-refractivity contribution in [2.45, 2.75) is 19.3 Å². The van der Waals surface area contributed by atoms with Gasteiger partial charge in [0, 0.05) is 28.9 Å². The van der Waals surface area contributed by atoms with E-state index in [1.807, 2.05) is 17.0 Å². The largest absolute Gasteiger partial charge is 0.294 e. The van der Waals surface area contributed by atoms with E-state index >= 15 is 0 Å². The Bertz CT molecular complexity index is 501. The maximum absolute atomic E-state index is 11.7. The normalized spacial score (nSPS) is 14.4. The van der Waals surface area contributed by atoms with Crippen molar-refractivity contribution in [2.75, 3.05) is 0 Å². The van der Waals surface area contributed by atoms with Crippen molar-refractivity contribution >= 4 is 42.0 Å². The molecule has 0 aromatic carbocycles. The molecule has 0 spiro atoms. The lowest BCUT2D eigenvalue weighted by Crippen LogP contribution is -2.08. The Balaban J connectivity index is 0.000000963. The number of carbonyl (C=O) groups excluding carboxylic acids is 1. The molecule has 0 saturated heterocycles. The van der Waals surface area contributed by atoms with Crippen LogP contribution in [0.25, 0.3) is 9.88 Å². The number of nitrogens with zero attached hydrogens (tertiary/aromatic N) is 1. The van der Waals surface area contributed by atoms with Crippen LogP contribution < -0.4 is 0 Å². The second kappa shape index (κ2) is 4.69. The fourth-order valence-corrected chi connectivity index (χ4v) is 3.85. The lowest BCUT2D eigenvalue weighted by Gasteiger charge is -2.10. The minimum absolute atomic E-state index is 0. The molecule has 0 bridgehead atoms. The van der Waals surface area contributed by atoms with Gasteiger partial charge in [-0.3, -0.25) is 4.79 Å². The molecule has 2 aromatic heterocycles. The Kier molecular flexibility index (Phi) is 3.47. The summed E-state index contributed by atoms with van der Waals surface area (Å²) < 4.78 is 0.